The maximum absolute atomic E-state index is 11.9. The summed E-state index contributed by atoms with van der Waals surface area (Å²) in [4.78, 5) is 22.7. The predicted molar refractivity (Wildman–Crippen MR) is 84.7 cm³/mol. The fourth-order valence-electron chi connectivity index (χ4n) is 1.81. The van der Waals surface area contributed by atoms with Gasteiger partial charge in [0.1, 0.15) is 5.75 Å². The van der Waals surface area contributed by atoms with Crippen LogP contribution in [0.3, 0.4) is 0 Å². The van der Waals surface area contributed by atoms with Crippen molar-refractivity contribution < 1.29 is 14.3 Å². The predicted octanol–water partition coefficient (Wildman–Crippen LogP) is 3.73. The van der Waals surface area contributed by atoms with Gasteiger partial charge in [-0.15, -0.1) is 0 Å². The summed E-state index contributed by atoms with van der Waals surface area (Å²) >= 11 is 1.31. The number of esters is 1. The Morgan fingerprint density at radius 1 is 1.00 bits per heavy atom. The monoisotopic (exact) mass is 300 g/mol. The van der Waals surface area contributed by atoms with Crippen LogP contribution in [0.2, 0.25) is 0 Å². The number of aryl methyl sites for hydroxylation is 1. The topological polar surface area (TPSA) is 43.4 Å². The smallest absolute Gasteiger partial charge is 0.308 e. The zero-order valence-electron chi connectivity index (χ0n) is 11.7. The molecule has 2 rings (SSSR count). The summed E-state index contributed by atoms with van der Waals surface area (Å²) in [5, 5.41) is 0.0899. The van der Waals surface area contributed by atoms with Gasteiger partial charge in [-0.25, -0.2) is 0 Å². The lowest BCUT2D eigenvalue weighted by atomic mass is 10.2. The Kier molecular flexibility index (Phi) is 5.58. The Labute approximate surface area is 128 Å². The lowest BCUT2D eigenvalue weighted by molar-refractivity contribution is -0.131. The van der Waals surface area contributed by atoms with Crippen molar-refractivity contribution in [3.8, 4) is 5.75 Å². The molecule has 0 atom stereocenters. The van der Waals surface area contributed by atoms with E-state index in [4.69, 9.17) is 4.74 Å². The van der Waals surface area contributed by atoms with Crippen molar-refractivity contribution in [3.63, 3.8) is 0 Å². The van der Waals surface area contributed by atoms with Crippen molar-refractivity contribution in [1.29, 1.82) is 0 Å². The molecule has 3 nitrogen and oxygen atoms in total. The number of rotatable bonds is 5. The molecule has 0 aliphatic heterocycles. The standard InChI is InChI=1S/C17H16O3S/c1-13(18)20-16-9-7-14(8-10-16)11-12-21-17(19)15-5-3-2-4-6-15/h2-10H,11-12H2,1H3. The fraction of sp³-hybridized carbons (Fsp3) is 0.176. The highest BCUT2D eigenvalue weighted by Gasteiger charge is 2.05. The van der Waals surface area contributed by atoms with Crippen molar-refractivity contribution in [3.05, 3.63) is 65.7 Å². The van der Waals surface area contributed by atoms with E-state index in [0.29, 0.717) is 5.75 Å². The largest absolute Gasteiger partial charge is 0.427 e. The highest BCUT2D eigenvalue weighted by Crippen LogP contribution is 2.16. The van der Waals surface area contributed by atoms with E-state index in [1.807, 2.05) is 42.5 Å². The molecule has 0 saturated heterocycles. The first-order chi connectivity index (χ1) is 10.1. The highest BCUT2D eigenvalue weighted by molar-refractivity contribution is 8.14. The molecule has 108 valence electrons. The Balaban J connectivity index is 1.81. The van der Waals surface area contributed by atoms with Gasteiger partial charge in [-0.05, 0) is 24.1 Å². The van der Waals surface area contributed by atoms with Gasteiger partial charge in [-0.2, -0.15) is 0 Å². The molecule has 0 aliphatic rings. The molecule has 4 heteroatoms. The number of ether oxygens (including phenoxy) is 1. The molecule has 0 radical (unpaired) electrons. The third-order valence-corrected chi connectivity index (χ3v) is 3.72. The van der Waals surface area contributed by atoms with Gasteiger partial charge in [0.05, 0.1) is 0 Å². The van der Waals surface area contributed by atoms with E-state index in [9.17, 15) is 9.59 Å². The number of hydrogen-bond acceptors (Lipinski definition) is 4. The minimum Gasteiger partial charge on any atom is -0.427 e. The van der Waals surface area contributed by atoms with E-state index >= 15 is 0 Å². The molecular weight excluding hydrogens is 284 g/mol. The van der Waals surface area contributed by atoms with Gasteiger partial charge in [-0.3, -0.25) is 9.59 Å². The van der Waals surface area contributed by atoms with Crippen molar-refractivity contribution in [1.82, 2.24) is 0 Å². The first kappa shape index (κ1) is 15.3. The van der Waals surface area contributed by atoms with Crippen LogP contribution in [0.15, 0.2) is 54.6 Å². The maximum atomic E-state index is 11.9. The zero-order chi connectivity index (χ0) is 15.1. The molecule has 2 aromatic rings. The van der Waals surface area contributed by atoms with Crippen molar-refractivity contribution in [2.75, 3.05) is 5.75 Å². The Hall–Kier alpha value is -2.07. The van der Waals surface area contributed by atoms with Gasteiger partial charge in [-0.1, -0.05) is 54.2 Å². The number of hydrogen-bond donors (Lipinski definition) is 0. The van der Waals surface area contributed by atoms with E-state index in [-0.39, 0.29) is 11.1 Å². The molecule has 0 bridgehead atoms. The molecule has 0 unspecified atom stereocenters. The summed E-state index contributed by atoms with van der Waals surface area (Å²) in [6.45, 7) is 1.37. The van der Waals surface area contributed by atoms with E-state index in [1.165, 1.54) is 18.7 Å². The first-order valence-corrected chi connectivity index (χ1v) is 7.63. The van der Waals surface area contributed by atoms with Crippen molar-refractivity contribution >= 4 is 22.8 Å². The van der Waals surface area contributed by atoms with Gasteiger partial charge >= 0.3 is 5.97 Å². The van der Waals surface area contributed by atoms with Gasteiger partial charge < -0.3 is 4.74 Å². The highest BCUT2D eigenvalue weighted by atomic mass is 32.2. The SMILES string of the molecule is CC(=O)Oc1ccc(CCSC(=O)c2ccccc2)cc1. The molecule has 2 aromatic carbocycles. The van der Waals surface area contributed by atoms with E-state index in [0.717, 1.165) is 23.3 Å². The van der Waals surface area contributed by atoms with Crippen LogP contribution in [0.1, 0.15) is 22.8 Å². The second kappa shape index (κ2) is 7.64. The second-order valence-electron chi connectivity index (χ2n) is 4.49. The molecule has 0 heterocycles. The molecule has 0 N–H and O–H groups in total. The minimum absolute atomic E-state index is 0.0899. The number of carbonyl (C=O) groups excluding carboxylic acids is 2. The van der Waals surface area contributed by atoms with Gasteiger partial charge in [0, 0.05) is 18.2 Å². The van der Waals surface area contributed by atoms with E-state index < -0.39 is 0 Å². The quantitative estimate of drug-likeness (QED) is 0.623. The summed E-state index contributed by atoms with van der Waals surface area (Å²) in [5.74, 6) is 0.937. The van der Waals surface area contributed by atoms with Crippen LogP contribution in [0, 0.1) is 0 Å². The summed E-state index contributed by atoms with van der Waals surface area (Å²) in [6.07, 6.45) is 0.795. The van der Waals surface area contributed by atoms with Gasteiger partial charge in [0.2, 0.25) is 5.12 Å². The third-order valence-electron chi connectivity index (χ3n) is 2.82. The summed E-state index contributed by atoms with van der Waals surface area (Å²) in [7, 11) is 0. The molecule has 21 heavy (non-hydrogen) atoms. The second-order valence-corrected chi connectivity index (χ2v) is 5.56. The lowest BCUT2D eigenvalue weighted by Gasteiger charge is -2.04. The fourth-order valence-corrected chi connectivity index (χ4v) is 2.64. The average molecular weight is 300 g/mol. The van der Waals surface area contributed by atoms with Crippen LogP contribution >= 0.6 is 11.8 Å². The average Bonchev–Trinajstić information content (AvgIpc) is 2.49. The Morgan fingerprint density at radius 2 is 1.67 bits per heavy atom. The lowest BCUT2D eigenvalue weighted by Crippen LogP contribution is -2.01. The summed E-state index contributed by atoms with van der Waals surface area (Å²) < 4.78 is 4.97. The van der Waals surface area contributed by atoms with E-state index in [2.05, 4.69) is 0 Å². The molecule has 0 spiro atoms. The van der Waals surface area contributed by atoms with Crippen LogP contribution in [-0.4, -0.2) is 16.8 Å². The van der Waals surface area contributed by atoms with Crippen LogP contribution in [0.25, 0.3) is 0 Å². The zero-order valence-corrected chi connectivity index (χ0v) is 12.6. The molecule has 0 aliphatic carbocycles. The number of thioether (sulfide) groups is 1. The van der Waals surface area contributed by atoms with Gasteiger partial charge in [0.25, 0.3) is 0 Å². The molecule has 0 saturated carbocycles. The minimum atomic E-state index is -0.327. The van der Waals surface area contributed by atoms with Crippen LogP contribution in [0.4, 0.5) is 0 Å². The first-order valence-electron chi connectivity index (χ1n) is 6.64. The van der Waals surface area contributed by atoms with Gasteiger partial charge in [0.15, 0.2) is 0 Å². The normalized spacial score (nSPS) is 10.1. The van der Waals surface area contributed by atoms with Crippen molar-refractivity contribution in [2.45, 2.75) is 13.3 Å². The summed E-state index contributed by atoms with van der Waals surface area (Å²) in [5.41, 5.74) is 1.84. The molecular formula is C17H16O3S. The molecule has 0 amide bonds. The Bertz CT molecular complexity index is 606. The van der Waals surface area contributed by atoms with Crippen molar-refractivity contribution in [2.24, 2.45) is 0 Å². The van der Waals surface area contributed by atoms with Crippen LogP contribution in [0.5, 0.6) is 5.75 Å². The third kappa shape index (κ3) is 5.08. The van der Waals surface area contributed by atoms with Crippen LogP contribution < -0.4 is 4.74 Å². The van der Waals surface area contributed by atoms with Crippen LogP contribution in [-0.2, 0) is 11.2 Å². The number of benzene rings is 2. The molecule has 0 fully saturated rings. The Morgan fingerprint density at radius 3 is 2.29 bits per heavy atom. The number of carbonyl (C=O) groups is 2. The maximum Gasteiger partial charge on any atom is 0.308 e. The molecule has 0 aromatic heterocycles. The summed E-state index contributed by atoms with van der Waals surface area (Å²) in [6, 6.07) is 16.6. The van der Waals surface area contributed by atoms with E-state index in [1.54, 1.807) is 12.1 Å².